The molecule has 0 bridgehead atoms. The van der Waals surface area contributed by atoms with Gasteiger partial charge in [-0.2, -0.15) is 0 Å². The Bertz CT molecular complexity index is 449. The minimum absolute atomic E-state index is 0. The molecule has 0 aliphatic carbocycles. The molecule has 0 aromatic heterocycles. The highest BCUT2D eigenvalue weighted by Gasteiger charge is 2.51. The Kier molecular flexibility index (Phi) is 4.45. The quantitative estimate of drug-likeness (QED) is 0.667. The standard InChI is InChI=1S/C13H20BNO3.ClH/c1-12(2)13(3,4)18-14(17-12)9-6-7-11(16-5)10(15)8-9;/h6-8H,15H2,1-5H3;1H. The summed E-state index contributed by atoms with van der Waals surface area (Å²) in [7, 11) is 1.21. The highest BCUT2D eigenvalue weighted by Crippen LogP contribution is 2.36. The van der Waals surface area contributed by atoms with E-state index in [2.05, 4.69) is 0 Å². The van der Waals surface area contributed by atoms with Crippen molar-refractivity contribution in [2.75, 3.05) is 12.8 Å². The fraction of sp³-hybridized carbons (Fsp3) is 0.538. The third kappa shape index (κ3) is 2.83. The number of hydrogen-bond donors (Lipinski definition) is 1. The minimum Gasteiger partial charge on any atom is -0.495 e. The average Bonchev–Trinajstić information content (AvgIpc) is 2.48. The summed E-state index contributed by atoms with van der Waals surface area (Å²) in [6, 6.07) is 5.58. The maximum absolute atomic E-state index is 5.96. The number of anilines is 1. The molecule has 1 fully saturated rings. The summed E-state index contributed by atoms with van der Waals surface area (Å²) in [5.74, 6) is 0.662. The van der Waals surface area contributed by atoms with E-state index < -0.39 is 0 Å². The SMILES string of the molecule is COc1ccc(B2OC(C)(C)C(C)(C)O2)cc1N.Cl. The smallest absolute Gasteiger partial charge is 0.494 e. The number of halogens is 1. The van der Waals surface area contributed by atoms with E-state index in [-0.39, 0.29) is 30.7 Å². The lowest BCUT2D eigenvalue weighted by Gasteiger charge is -2.32. The topological polar surface area (TPSA) is 53.7 Å². The molecule has 2 N–H and O–H groups in total. The van der Waals surface area contributed by atoms with E-state index in [9.17, 15) is 0 Å². The second-order valence-corrected chi connectivity index (χ2v) is 5.59. The number of nitrogen functional groups attached to an aromatic ring is 1. The van der Waals surface area contributed by atoms with Crippen LogP contribution >= 0.6 is 12.4 Å². The van der Waals surface area contributed by atoms with E-state index >= 15 is 0 Å². The highest BCUT2D eigenvalue weighted by atomic mass is 35.5. The number of rotatable bonds is 2. The van der Waals surface area contributed by atoms with Gasteiger partial charge in [0, 0.05) is 0 Å². The molecule has 0 unspecified atom stereocenters. The van der Waals surface area contributed by atoms with Gasteiger partial charge in [0.25, 0.3) is 0 Å². The summed E-state index contributed by atoms with van der Waals surface area (Å²) in [5, 5.41) is 0. The van der Waals surface area contributed by atoms with Crippen LogP contribution in [0.15, 0.2) is 18.2 Å². The fourth-order valence-corrected chi connectivity index (χ4v) is 1.88. The minimum atomic E-state index is -0.386. The Morgan fingerprint density at radius 1 is 1.11 bits per heavy atom. The van der Waals surface area contributed by atoms with E-state index in [1.807, 2.05) is 45.9 Å². The molecule has 1 aliphatic rings. The Balaban J connectivity index is 0.00000180. The molecule has 6 heteroatoms. The third-order valence-electron chi connectivity index (χ3n) is 3.78. The molecule has 0 saturated carbocycles. The first kappa shape index (κ1) is 16.2. The largest absolute Gasteiger partial charge is 0.495 e. The van der Waals surface area contributed by atoms with E-state index in [4.69, 9.17) is 19.8 Å². The molecule has 1 aromatic rings. The van der Waals surface area contributed by atoms with Crippen LogP contribution in [0.3, 0.4) is 0 Å². The van der Waals surface area contributed by atoms with Crippen LogP contribution in [-0.4, -0.2) is 25.4 Å². The van der Waals surface area contributed by atoms with Gasteiger partial charge in [0.05, 0.1) is 24.0 Å². The van der Waals surface area contributed by atoms with Gasteiger partial charge in [0.2, 0.25) is 0 Å². The van der Waals surface area contributed by atoms with Crippen molar-refractivity contribution in [3.63, 3.8) is 0 Å². The van der Waals surface area contributed by atoms with Crippen LogP contribution in [0, 0.1) is 0 Å². The number of ether oxygens (including phenoxy) is 1. The average molecular weight is 286 g/mol. The van der Waals surface area contributed by atoms with Gasteiger partial charge in [-0.1, -0.05) is 6.07 Å². The molecular weight excluding hydrogens is 264 g/mol. The lowest BCUT2D eigenvalue weighted by Crippen LogP contribution is -2.41. The summed E-state index contributed by atoms with van der Waals surface area (Å²) in [6.07, 6.45) is 0. The van der Waals surface area contributed by atoms with Crippen LogP contribution in [0.5, 0.6) is 5.75 Å². The lowest BCUT2D eigenvalue weighted by molar-refractivity contribution is 0.00578. The predicted octanol–water partition coefficient (Wildman–Crippen LogP) is 2.00. The van der Waals surface area contributed by atoms with Crippen LogP contribution < -0.4 is 15.9 Å². The first-order chi connectivity index (χ1) is 8.27. The van der Waals surface area contributed by atoms with Crippen LogP contribution in [0.25, 0.3) is 0 Å². The number of hydrogen-bond acceptors (Lipinski definition) is 4. The first-order valence-corrected chi connectivity index (χ1v) is 6.06. The second kappa shape index (κ2) is 5.23. The molecule has 0 spiro atoms. The van der Waals surface area contributed by atoms with Crippen LogP contribution in [0.4, 0.5) is 5.69 Å². The van der Waals surface area contributed by atoms with Crippen molar-refractivity contribution in [3.05, 3.63) is 18.2 Å². The van der Waals surface area contributed by atoms with Gasteiger partial charge in [-0.25, -0.2) is 0 Å². The zero-order valence-electron chi connectivity index (χ0n) is 12.0. The summed E-state index contributed by atoms with van der Waals surface area (Å²) in [6.45, 7) is 8.11. The van der Waals surface area contributed by atoms with Crippen LogP contribution in [-0.2, 0) is 9.31 Å². The summed E-state index contributed by atoms with van der Waals surface area (Å²) in [5.41, 5.74) is 6.71. The van der Waals surface area contributed by atoms with E-state index in [0.717, 1.165) is 5.46 Å². The van der Waals surface area contributed by atoms with Crippen molar-refractivity contribution in [3.8, 4) is 5.75 Å². The molecule has 0 amide bonds. The van der Waals surface area contributed by atoms with Crippen molar-refractivity contribution < 1.29 is 14.0 Å². The molecule has 1 aromatic carbocycles. The molecule has 4 nitrogen and oxygen atoms in total. The Labute approximate surface area is 121 Å². The Morgan fingerprint density at radius 2 is 1.63 bits per heavy atom. The number of methoxy groups -OCH3 is 1. The number of benzene rings is 1. The van der Waals surface area contributed by atoms with Crippen molar-refractivity contribution in [1.82, 2.24) is 0 Å². The predicted molar refractivity (Wildman–Crippen MR) is 80.4 cm³/mol. The molecule has 0 atom stereocenters. The lowest BCUT2D eigenvalue weighted by atomic mass is 9.79. The third-order valence-corrected chi connectivity index (χ3v) is 3.78. The molecule has 19 heavy (non-hydrogen) atoms. The van der Waals surface area contributed by atoms with Gasteiger partial charge in [-0.15, -0.1) is 12.4 Å². The van der Waals surface area contributed by atoms with Gasteiger partial charge in [0.15, 0.2) is 0 Å². The van der Waals surface area contributed by atoms with Gasteiger partial charge in [-0.05, 0) is 45.3 Å². The van der Waals surface area contributed by atoms with Crippen molar-refractivity contribution >= 4 is 30.7 Å². The van der Waals surface area contributed by atoms with Gasteiger partial charge >= 0.3 is 7.12 Å². The van der Waals surface area contributed by atoms with Gasteiger partial charge < -0.3 is 19.8 Å². The van der Waals surface area contributed by atoms with Crippen molar-refractivity contribution in [2.45, 2.75) is 38.9 Å². The van der Waals surface area contributed by atoms with E-state index in [1.165, 1.54) is 0 Å². The zero-order valence-corrected chi connectivity index (χ0v) is 12.8. The summed E-state index contributed by atoms with van der Waals surface area (Å²) in [4.78, 5) is 0. The summed E-state index contributed by atoms with van der Waals surface area (Å²) < 4.78 is 17.1. The highest BCUT2D eigenvalue weighted by molar-refractivity contribution is 6.62. The Morgan fingerprint density at radius 3 is 2.05 bits per heavy atom. The van der Waals surface area contributed by atoms with E-state index in [1.54, 1.807) is 7.11 Å². The van der Waals surface area contributed by atoms with Gasteiger partial charge in [0.1, 0.15) is 5.75 Å². The zero-order chi connectivity index (χ0) is 13.6. The summed E-state index contributed by atoms with van der Waals surface area (Å²) >= 11 is 0. The maximum Gasteiger partial charge on any atom is 0.494 e. The maximum atomic E-state index is 5.96. The normalized spacial score (nSPS) is 19.9. The fourth-order valence-electron chi connectivity index (χ4n) is 1.88. The first-order valence-electron chi connectivity index (χ1n) is 6.06. The molecule has 2 rings (SSSR count). The van der Waals surface area contributed by atoms with Crippen LogP contribution in [0.2, 0.25) is 0 Å². The molecule has 1 saturated heterocycles. The molecule has 1 aliphatic heterocycles. The Hall–Kier alpha value is -0.905. The van der Waals surface area contributed by atoms with Crippen molar-refractivity contribution in [2.24, 2.45) is 0 Å². The molecular formula is C13H21BClNO3. The van der Waals surface area contributed by atoms with E-state index in [0.29, 0.717) is 11.4 Å². The van der Waals surface area contributed by atoms with Crippen LogP contribution in [0.1, 0.15) is 27.7 Å². The molecule has 106 valence electrons. The number of nitrogens with two attached hydrogens (primary N) is 1. The molecule has 1 heterocycles. The molecule has 0 radical (unpaired) electrons. The van der Waals surface area contributed by atoms with Gasteiger partial charge in [-0.3, -0.25) is 0 Å². The second-order valence-electron chi connectivity index (χ2n) is 5.59. The van der Waals surface area contributed by atoms with Crippen molar-refractivity contribution in [1.29, 1.82) is 0 Å². The monoisotopic (exact) mass is 285 g/mol.